The number of hydrogen-bond donors (Lipinski definition) is 2. The van der Waals surface area contributed by atoms with Crippen LogP contribution in [-0.4, -0.2) is 31.0 Å². The first-order chi connectivity index (χ1) is 8.31. The zero-order chi connectivity index (χ0) is 13.9. The molecule has 102 valence electrons. The second-order valence-electron chi connectivity index (χ2n) is 4.06. The van der Waals surface area contributed by atoms with Gasteiger partial charge in [0.25, 0.3) is 0 Å². The molecule has 0 saturated carbocycles. The molecule has 0 aliphatic rings. The van der Waals surface area contributed by atoms with Crippen LogP contribution in [0.25, 0.3) is 0 Å². The Morgan fingerprint density at radius 2 is 2.00 bits per heavy atom. The fourth-order valence-corrected chi connectivity index (χ4v) is 1.74. The van der Waals surface area contributed by atoms with Gasteiger partial charge in [-0.3, -0.25) is 0 Å². The molecule has 6 heteroatoms. The Bertz CT molecular complexity index is 407. The van der Waals surface area contributed by atoms with Gasteiger partial charge >= 0.3 is 6.18 Å². The van der Waals surface area contributed by atoms with Crippen LogP contribution in [0.2, 0.25) is 0 Å². The van der Waals surface area contributed by atoms with Crippen LogP contribution in [0.4, 0.5) is 13.2 Å². The van der Waals surface area contributed by atoms with Gasteiger partial charge in [0.2, 0.25) is 0 Å². The van der Waals surface area contributed by atoms with E-state index < -0.39 is 18.2 Å². The lowest BCUT2D eigenvalue weighted by molar-refractivity contribution is -0.209. The summed E-state index contributed by atoms with van der Waals surface area (Å²) in [5.41, 5.74) is 6.45. The van der Waals surface area contributed by atoms with Crippen molar-refractivity contribution in [1.82, 2.24) is 0 Å². The summed E-state index contributed by atoms with van der Waals surface area (Å²) in [7, 11) is 1.43. The molecule has 0 radical (unpaired) electrons. The summed E-state index contributed by atoms with van der Waals surface area (Å²) in [5, 5.41) is 9.29. The summed E-state index contributed by atoms with van der Waals surface area (Å²) in [4.78, 5) is 0. The smallest absolute Gasteiger partial charge is 0.414 e. The average molecular weight is 263 g/mol. The molecule has 0 heterocycles. The van der Waals surface area contributed by atoms with Crippen LogP contribution in [0.15, 0.2) is 18.2 Å². The van der Waals surface area contributed by atoms with E-state index in [1.807, 2.05) is 0 Å². The van der Waals surface area contributed by atoms with E-state index in [-0.39, 0.29) is 6.54 Å². The first kappa shape index (κ1) is 14.8. The largest absolute Gasteiger partial charge is 0.496 e. The molecular formula is C12H16F3NO2. The molecule has 0 saturated heterocycles. The van der Waals surface area contributed by atoms with Crippen molar-refractivity contribution in [3.05, 3.63) is 29.3 Å². The number of methoxy groups -OCH3 is 1. The Morgan fingerprint density at radius 3 is 2.44 bits per heavy atom. The number of rotatable bonds is 4. The highest BCUT2D eigenvalue weighted by Crippen LogP contribution is 2.33. The third-order valence-electron chi connectivity index (χ3n) is 2.83. The maximum atomic E-state index is 12.5. The molecule has 0 bridgehead atoms. The van der Waals surface area contributed by atoms with Crippen LogP contribution in [0.5, 0.6) is 5.75 Å². The van der Waals surface area contributed by atoms with E-state index in [1.165, 1.54) is 19.2 Å². The van der Waals surface area contributed by atoms with Crippen LogP contribution in [0.1, 0.15) is 17.0 Å². The van der Waals surface area contributed by atoms with Gasteiger partial charge in [-0.2, -0.15) is 13.2 Å². The summed E-state index contributed by atoms with van der Waals surface area (Å²) in [6, 6.07) is 4.63. The molecule has 0 aromatic heterocycles. The zero-order valence-electron chi connectivity index (χ0n) is 10.2. The van der Waals surface area contributed by atoms with Crippen molar-refractivity contribution in [3.8, 4) is 5.75 Å². The average Bonchev–Trinajstić information content (AvgIpc) is 2.30. The molecule has 1 rings (SSSR count). The van der Waals surface area contributed by atoms with Gasteiger partial charge < -0.3 is 15.6 Å². The fourth-order valence-electron chi connectivity index (χ4n) is 1.74. The van der Waals surface area contributed by atoms with Gasteiger partial charge in [-0.1, -0.05) is 12.1 Å². The first-order valence-electron chi connectivity index (χ1n) is 5.40. The molecule has 2 unspecified atom stereocenters. The standard InChI is InChI=1S/C12H16F3NO2/c1-7-3-4-8(5-10(7)18-2)9(6-16)11(17)12(13,14)15/h3-5,9,11,17H,6,16H2,1-2H3. The lowest BCUT2D eigenvalue weighted by Gasteiger charge is -2.24. The number of halogens is 3. The summed E-state index contributed by atoms with van der Waals surface area (Å²) in [5.74, 6) is -0.722. The zero-order valence-corrected chi connectivity index (χ0v) is 10.2. The molecule has 0 spiro atoms. The molecule has 1 aromatic carbocycles. The number of benzene rings is 1. The molecule has 18 heavy (non-hydrogen) atoms. The van der Waals surface area contributed by atoms with Crippen molar-refractivity contribution in [2.24, 2.45) is 5.73 Å². The van der Waals surface area contributed by atoms with E-state index in [1.54, 1.807) is 13.0 Å². The van der Waals surface area contributed by atoms with E-state index in [2.05, 4.69) is 0 Å². The van der Waals surface area contributed by atoms with Crippen molar-refractivity contribution >= 4 is 0 Å². The maximum Gasteiger partial charge on any atom is 0.414 e. The molecule has 1 aromatic rings. The Balaban J connectivity index is 3.09. The highest BCUT2D eigenvalue weighted by molar-refractivity contribution is 5.38. The number of hydrogen-bond acceptors (Lipinski definition) is 3. The minimum Gasteiger partial charge on any atom is -0.496 e. The van der Waals surface area contributed by atoms with E-state index in [0.29, 0.717) is 11.3 Å². The highest BCUT2D eigenvalue weighted by atomic mass is 19.4. The minimum absolute atomic E-state index is 0.299. The molecule has 0 aliphatic carbocycles. The van der Waals surface area contributed by atoms with Gasteiger partial charge in [-0.05, 0) is 24.1 Å². The Hall–Kier alpha value is -1.27. The van der Waals surface area contributed by atoms with Gasteiger partial charge in [0.05, 0.1) is 7.11 Å². The van der Waals surface area contributed by atoms with Gasteiger partial charge in [-0.25, -0.2) is 0 Å². The van der Waals surface area contributed by atoms with E-state index >= 15 is 0 Å². The van der Waals surface area contributed by atoms with Crippen molar-refractivity contribution < 1.29 is 23.0 Å². The topological polar surface area (TPSA) is 55.5 Å². The molecule has 3 N–H and O–H groups in total. The normalized spacial score (nSPS) is 15.3. The highest BCUT2D eigenvalue weighted by Gasteiger charge is 2.43. The van der Waals surface area contributed by atoms with Crippen LogP contribution in [-0.2, 0) is 0 Å². The monoisotopic (exact) mass is 263 g/mol. The second-order valence-corrected chi connectivity index (χ2v) is 4.06. The van der Waals surface area contributed by atoms with E-state index in [0.717, 1.165) is 5.56 Å². The lowest BCUT2D eigenvalue weighted by atomic mass is 9.92. The summed E-state index contributed by atoms with van der Waals surface area (Å²) in [6.45, 7) is 1.48. The second kappa shape index (κ2) is 5.58. The van der Waals surface area contributed by atoms with Crippen LogP contribution >= 0.6 is 0 Å². The van der Waals surface area contributed by atoms with Gasteiger partial charge in [0, 0.05) is 12.5 Å². The van der Waals surface area contributed by atoms with Crippen molar-refractivity contribution in [2.45, 2.75) is 25.1 Å². The van der Waals surface area contributed by atoms with Crippen LogP contribution in [0.3, 0.4) is 0 Å². The van der Waals surface area contributed by atoms with Crippen molar-refractivity contribution in [2.75, 3.05) is 13.7 Å². The van der Waals surface area contributed by atoms with Crippen molar-refractivity contribution in [3.63, 3.8) is 0 Å². The number of aliphatic hydroxyl groups is 1. The number of aryl methyl sites for hydroxylation is 1. The molecule has 0 amide bonds. The third-order valence-corrected chi connectivity index (χ3v) is 2.83. The predicted molar refractivity (Wildman–Crippen MR) is 61.6 cm³/mol. The predicted octanol–water partition coefficient (Wildman–Crippen LogP) is 1.97. The first-order valence-corrected chi connectivity index (χ1v) is 5.40. The number of ether oxygens (including phenoxy) is 1. The Morgan fingerprint density at radius 1 is 1.39 bits per heavy atom. The Labute approximate surface area is 103 Å². The molecule has 0 aliphatic heterocycles. The van der Waals surface area contributed by atoms with Gasteiger partial charge in [0.15, 0.2) is 6.10 Å². The quantitative estimate of drug-likeness (QED) is 0.873. The molecule has 0 fully saturated rings. The van der Waals surface area contributed by atoms with Crippen LogP contribution < -0.4 is 10.5 Å². The summed E-state index contributed by atoms with van der Waals surface area (Å²) in [6.07, 6.45) is -7.17. The number of nitrogens with two attached hydrogens (primary N) is 1. The molecule has 3 nitrogen and oxygen atoms in total. The maximum absolute atomic E-state index is 12.5. The molecular weight excluding hydrogens is 247 g/mol. The lowest BCUT2D eigenvalue weighted by Crippen LogP contribution is -2.38. The van der Waals surface area contributed by atoms with E-state index in [9.17, 15) is 18.3 Å². The molecule has 2 atom stereocenters. The summed E-state index contributed by atoms with van der Waals surface area (Å²) < 4.78 is 42.5. The number of aliphatic hydroxyl groups excluding tert-OH is 1. The Kier molecular flexibility index (Phi) is 4.59. The fraction of sp³-hybridized carbons (Fsp3) is 0.500. The minimum atomic E-state index is -4.69. The van der Waals surface area contributed by atoms with E-state index in [4.69, 9.17) is 10.5 Å². The van der Waals surface area contributed by atoms with Crippen molar-refractivity contribution in [1.29, 1.82) is 0 Å². The summed E-state index contributed by atoms with van der Waals surface area (Å²) >= 11 is 0. The number of alkyl halides is 3. The SMILES string of the molecule is COc1cc(C(CN)C(O)C(F)(F)F)ccc1C. The van der Waals surface area contributed by atoms with Gasteiger partial charge in [0.1, 0.15) is 5.75 Å². The van der Waals surface area contributed by atoms with Gasteiger partial charge in [-0.15, -0.1) is 0 Å². The van der Waals surface area contributed by atoms with Crippen LogP contribution in [0, 0.1) is 6.92 Å². The third kappa shape index (κ3) is 3.14.